The van der Waals surface area contributed by atoms with Gasteiger partial charge >= 0.3 is 0 Å². The number of pyridine rings is 1. The normalized spacial score (nSPS) is 7.83. The molecule has 0 aromatic carbocycles. The molecule has 1 heterocycles. The van der Waals surface area contributed by atoms with Crippen LogP contribution < -0.4 is 5.73 Å². The highest BCUT2D eigenvalue weighted by Crippen LogP contribution is 2.05. The molecular weight excluding hydrogens is 158 g/mol. The number of hydrogen-bond donors (Lipinski definition) is 1. The molecule has 0 saturated heterocycles. The van der Waals surface area contributed by atoms with Crippen LogP contribution in [0.3, 0.4) is 0 Å². The van der Waals surface area contributed by atoms with E-state index in [-0.39, 0.29) is 11.5 Å². The van der Waals surface area contributed by atoms with Crippen molar-refractivity contribution in [1.82, 2.24) is 4.98 Å². The summed E-state index contributed by atoms with van der Waals surface area (Å²) in [5.41, 5.74) is 4.72. The van der Waals surface area contributed by atoms with Crippen LogP contribution in [-0.2, 0) is 0 Å². The SMILES string of the molecule is CN.O=Cc1cccc(N=O)n1. The Balaban J connectivity index is 0.000000561. The van der Waals surface area contributed by atoms with Crippen molar-refractivity contribution < 1.29 is 4.79 Å². The summed E-state index contributed by atoms with van der Waals surface area (Å²) < 4.78 is 0. The molecule has 5 nitrogen and oxygen atoms in total. The van der Waals surface area contributed by atoms with Gasteiger partial charge in [-0.25, -0.2) is 4.98 Å². The van der Waals surface area contributed by atoms with Crippen molar-refractivity contribution in [2.75, 3.05) is 7.05 Å². The van der Waals surface area contributed by atoms with E-state index in [0.717, 1.165) is 0 Å². The first-order valence-electron chi connectivity index (χ1n) is 3.20. The highest BCUT2D eigenvalue weighted by molar-refractivity contribution is 5.72. The Morgan fingerprint density at radius 3 is 2.67 bits per heavy atom. The van der Waals surface area contributed by atoms with Gasteiger partial charge in [0.15, 0.2) is 12.1 Å². The third kappa shape index (κ3) is 2.98. The van der Waals surface area contributed by atoms with Gasteiger partial charge in [0.1, 0.15) is 5.69 Å². The van der Waals surface area contributed by atoms with E-state index >= 15 is 0 Å². The van der Waals surface area contributed by atoms with Gasteiger partial charge < -0.3 is 5.73 Å². The number of nitrogens with zero attached hydrogens (tertiary/aromatic N) is 2. The zero-order chi connectivity index (χ0) is 9.40. The summed E-state index contributed by atoms with van der Waals surface area (Å²) >= 11 is 0. The molecule has 0 saturated carbocycles. The minimum atomic E-state index is 0.0320. The lowest BCUT2D eigenvalue weighted by Crippen LogP contribution is -1.83. The number of carbonyl (C=O) groups excluding carboxylic acids is 1. The first kappa shape index (κ1) is 10.4. The van der Waals surface area contributed by atoms with Crippen LogP contribution in [0.2, 0.25) is 0 Å². The van der Waals surface area contributed by atoms with E-state index in [0.29, 0.717) is 6.29 Å². The molecule has 0 aliphatic heterocycles. The standard InChI is InChI=1S/C6H4N2O2.CH5N/c9-4-5-2-1-3-6(7-5)8-10;1-2/h1-4H;2H2,1H3. The lowest BCUT2D eigenvalue weighted by Gasteiger charge is -1.87. The van der Waals surface area contributed by atoms with Crippen LogP contribution in [0.1, 0.15) is 10.5 Å². The van der Waals surface area contributed by atoms with Crippen molar-refractivity contribution in [1.29, 1.82) is 0 Å². The van der Waals surface area contributed by atoms with Gasteiger partial charge in [-0.3, -0.25) is 4.79 Å². The summed E-state index contributed by atoms with van der Waals surface area (Å²) in [5, 5.41) is 2.56. The Morgan fingerprint density at radius 1 is 1.50 bits per heavy atom. The summed E-state index contributed by atoms with van der Waals surface area (Å²) in [6.45, 7) is 0. The molecule has 0 amide bonds. The van der Waals surface area contributed by atoms with Crippen molar-refractivity contribution in [3.8, 4) is 0 Å². The number of nitrogens with two attached hydrogens (primary N) is 1. The van der Waals surface area contributed by atoms with Gasteiger partial charge in [0.2, 0.25) is 0 Å². The highest BCUT2D eigenvalue weighted by Gasteiger charge is 1.93. The smallest absolute Gasteiger partial charge is 0.197 e. The molecule has 0 aliphatic rings. The molecule has 0 radical (unpaired) electrons. The summed E-state index contributed by atoms with van der Waals surface area (Å²) in [5.74, 6) is 0.0320. The van der Waals surface area contributed by atoms with Crippen LogP contribution in [0.25, 0.3) is 0 Å². The number of hydrogen-bond acceptors (Lipinski definition) is 5. The lowest BCUT2D eigenvalue weighted by atomic mass is 10.4. The fourth-order valence-electron chi connectivity index (χ4n) is 0.556. The Kier molecular flexibility index (Phi) is 5.29. The molecule has 1 rings (SSSR count). The molecule has 5 heteroatoms. The average Bonchev–Trinajstić information content (AvgIpc) is 2.21. The quantitative estimate of drug-likeness (QED) is 0.523. The predicted octanol–water partition coefficient (Wildman–Crippen LogP) is 0.867. The minimum absolute atomic E-state index is 0.0320. The van der Waals surface area contributed by atoms with Gasteiger partial charge in [0.05, 0.1) is 0 Å². The van der Waals surface area contributed by atoms with E-state index in [2.05, 4.69) is 15.9 Å². The maximum absolute atomic E-state index is 10.1. The van der Waals surface area contributed by atoms with Crippen molar-refractivity contribution in [3.63, 3.8) is 0 Å². The molecule has 2 N–H and O–H groups in total. The van der Waals surface area contributed by atoms with E-state index in [1.165, 1.54) is 19.2 Å². The molecule has 0 atom stereocenters. The van der Waals surface area contributed by atoms with Crippen LogP contribution in [0, 0.1) is 4.91 Å². The molecular formula is C7H9N3O2. The molecule has 1 aromatic rings. The Morgan fingerprint density at radius 2 is 2.17 bits per heavy atom. The molecule has 0 fully saturated rings. The number of carbonyl (C=O) groups is 1. The van der Waals surface area contributed by atoms with Gasteiger partial charge in [0, 0.05) is 0 Å². The van der Waals surface area contributed by atoms with Crippen molar-refractivity contribution in [2.45, 2.75) is 0 Å². The Hall–Kier alpha value is -1.62. The van der Waals surface area contributed by atoms with Crippen LogP contribution >= 0.6 is 0 Å². The molecule has 0 aliphatic carbocycles. The van der Waals surface area contributed by atoms with Crippen molar-refractivity contribution in [2.24, 2.45) is 10.9 Å². The van der Waals surface area contributed by atoms with Crippen molar-refractivity contribution in [3.05, 3.63) is 28.8 Å². The van der Waals surface area contributed by atoms with Gasteiger partial charge in [-0.05, 0) is 24.4 Å². The predicted molar refractivity (Wildman–Crippen MR) is 45.2 cm³/mol. The molecule has 0 spiro atoms. The van der Waals surface area contributed by atoms with Gasteiger partial charge in [-0.1, -0.05) is 6.07 Å². The molecule has 64 valence electrons. The van der Waals surface area contributed by atoms with Gasteiger partial charge in [-0.2, -0.15) is 0 Å². The maximum Gasteiger partial charge on any atom is 0.197 e. The largest absolute Gasteiger partial charge is 0.333 e. The van der Waals surface area contributed by atoms with E-state index < -0.39 is 0 Å². The third-order valence-electron chi connectivity index (χ3n) is 0.970. The first-order chi connectivity index (χ1) is 5.86. The second-order valence-electron chi connectivity index (χ2n) is 1.63. The van der Waals surface area contributed by atoms with E-state index in [1.54, 1.807) is 6.07 Å². The van der Waals surface area contributed by atoms with E-state index in [4.69, 9.17) is 0 Å². The number of nitroso groups, excluding NO2 is 1. The highest BCUT2D eigenvalue weighted by atomic mass is 16.3. The zero-order valence-corrected chi connectivity index (χ0v) is 6.60. The topological polar surface area (TPSA) is 85.4 Å². The maximum atomic E-state index is 10.1. The fraction of sp³-hybridized carbons (Fsp3) is 0.143. The van der Waals surface area contributed by atoms with Gasteiger partial charge in [0.25, 0.3) is 0 Å². The zero-order valence-electron chi connectivity index (χ0n) is 6.60. The van der Waals surface area contributed by atoms with Crippen LogP contribution in [-0.4, -0.2) is 18.3 Å². The second-order valence-corrected chi connectivity index (χ2v) is 1.63. The Labute approximate surface area is 69.6 Å². The molecule has 1 aromatic heterocycles. The van der Waals surface area contributed by atoms with E-state index in [9.17, 15) is 9.70 Å². The number of aldehydes is 1. The van der Waals surface area contributed by atoms with Crippen LogP contribution in [0.15, 0.2) is 23.4 Å². The van der Waals surface area contributed by atoms with E-state index in [1.807, 2.05) is 0 Å². The summed E-state index contributed by atoms with van der Waals surface area (Å²) in [6, 6.07) is 4.48. The van der Waals surface area contributed by atoms with Gasteiger partial charge in [-0.15, -0.1) is 4.91 Å². The van der Waals surface area contributed by atoms with Crippen LogP contribution in [0.4, 0.5) is 5.82 Å². The summed E-state index contributed by atoms with van der Waals surface area (Å²) in [6.07, 6.45) is 0.564. The Bertz CT molecular complexity index is 239. The second kappa shape index (κ2) is 6.11. The average molecular weight is 167 g/mol. The molecule has 0 bridgehead atoms. The fourth-order valence-corrected chi connectivity index (χ4v) is 0.556. The minimum Gasteiger partial charge on any atom is -0.333 e. The number of aromatic nitrogens is 1. The van der Waals surface area contributed by atoms with Crippen LogP contribution in [0.5, 0.6) is 0 Å². The summed E-state index contributed by atoms with van der Waals surface area (Å²) in [7, 11) is 1.50. The lowest BCUT2D eigenvalue weighted by molar-refractivity contribution is 0.111. The van der Waals surface area contributed by atoms with Crippen molar-refractivity contribution >= 4 is 12.1 Å². The third-order valence-corrected chi connectivity index (χ3v) is 0.970. The molecule has 0 unspecified atom stereocenters. The number of rotatable bonds is 2. The monoisotopic (exact) mass is 167 g/mol. The first-order valence-corrected chi connectivity index (χ1v) is 3.20. The summed E-state index contributed by atoms with van der Waals surface area (Å²) in [4.78, 5) is 23.5. The molecule has 12 heavy (non-hydrogen) atoms.